The minimum Gasteiger partial charge on any atom is -0.333 e. The lowest BCUT2D eigenvalue weighted by molar-refractivity contribution is -0.163. The Hall–Kier alpha value is -2.32. The van der Waals surface area contributed by atoms with E-state index >= 15 is 0 Å². The lowest BCUT2D eigenvalue weighted by atomic mass is 9.88. The Kier molecular flexibility index (Phi) is 6.86. The van der Waals surface area contributed by atoms with E-state index in [4.69, 9.17) is 0 Å². The predicted molar refractivity (Wildman–Crippen MR) is 125 cm³/mol. The number of halogens is 2. The van der Waals surface area contributed by atoms with Gasteiger partial charge in [0.15, 0.2) is 0 Å². The molecule has 5 nitrogen and oxygen atoms in total. The van der Waals surface area contributed by atoms with Crippen molar-refractivity contribution in [2.75, 3.05) is 12.8 Å². The SMILES string of the molecule is CS(=O)(=O)NC1CCCN2C(=O)C(F)(F)CCCCc3ccccc3-c3cccc(c3)CC12. The van der Waals surface area contributed by atoms with Crippen LogP contribution >= 0.6 is 0 Å². The molecule has 1 saturated heterocycles. The average Bonchev–Trinajstić information content (AvgIpc) is 2.76. The quantitative estimate of drug-likeness (QED) is 0.708. The molecule has 0 aliphatic carbocycles. The van der Waals surface area contributed by atoms with Crippen LogP contribution < -0.4 is 4.72 Å². The van der Waals surface area contributed by atoms with Crippen LogP contribution in [-0.4, -0.2) is 50.0 Å². The highest BCUT2D eigenvalue weighted by atomic mass is 32.2. The van der Waals surface area contributed by atoms with Gasteiger partial charge in [-0.2, -0.15) is 8.78 Å². The first-order valence-electron chi connectivity index (χ1n) is 11.5. The number of alkyl halides is 2. The van der Waals surface area contributed by atoms with Gasteiger partial charge in [-0.15, -0.1) is 0 Å². The molecule has 2 aliphatic heterocycles. The number of benzene rings is 2. The van der Waals surface area contributed by atoms with Gasteiger partial charge in [-0.1, -0.05) is 48.5 Å². The molecule has 1 amide bonds. The molecule has 1 fully saturated rings. The summed E-state index contributed by atoms with van der Waals surface area (Å²) in [6.45, 7) is 0.198. The molecule has 2 atom stereocenters. The summed E-state index contributed by atoms with van der Waals surface area (Å²) < 4.78 is 56.6. The molecule has 0 saturated carbocycles. The zero-order valence-corrected chi connectivity index (χ0v) is 19.6. The standard InChI is InChI=1S/C25H30F2N2O3S/c1-33(31,32)28-22-13-7-15-29-23(22)17-18-8-6-11-20(16-18)21-12-3-2-9-19(21)10-4-5-14-25(26,27)24(29)30/h2-3,6,8-9,11-12,16,22-23,28H,4-5,7,10,13-15,17H2,1H3. The first-order valence-corrected chi connectivity index (χ1v) is 13.4. The number of aryl methyl sites for hydroxylation is 1. The van der Waals surface area contributed by atoms with Crippen LogP contribution in [0.25, 0.3) is 11.1 Å². The second-order valence-corrected chi connectivity index (χ2v) is 11.0. The molecular weight excluding hydrogens is 446 g/mol. The number of hydrogen-bond acceptors (Lipinski definition) is 3. The maximum absolute atomic E-state index is 15.0. The van der Waals surface area contributed by atoms with Gasteiger partial charge in [-0.25, -0.2) is 13.1 Å². The van der Waals surface area contributed by atoms with Crippen LogP contribution in [0.15, 0.2) is 48.5 Å². The van der Waals surface area contributed by atoms with Crippen LogP contribution in [0.3, 0.4) is 0 Å². The number of nitrogens with zero attached hydrogens (tertiary/aromatic N) is 1. The van der Waals surface area contributed by atoms with Crippen LogP contribution in [-0.2, 0) is 27.7 Å². The molecule has 8 heteroatoms. The van der Waals surface area contributed by atoms with Gasteiger partial charge in [-0.3, -0.25) is 4.79 Å². The first-order chi connectivity index (χ1) is 15.6. The van der Waals surface area contributed by atoms with E-state index in [0.29, 0.717) is 32.1 Å². The van der Waals surface area contributed by atoms with E-state index in [2.05, 4.69) is 4.72 Å². The third-order valence-electron chi connectivity index (χ3n) is 6.61. The summed E-state index contributed by atoms with van der Waals surface area (Å²) in [5, 5.41) is 0. The highest BCUT2D eigenvalue weighted by Crippen LogP contribution is 2.33. The van der Waals surface area contributed by atoms with Gasteiger partial charge < -0.3 is 4.90 Å². The van der Waals surface area contributed by atoms with Crippen molar-refractivity contribution in [1.82, 2.24) is 9.62 Å². The van der Waals surface area contributed by atoms with E-state index in [-0.39, 0.29) is 13.0 Å². The molecule has 2 unspecified atom stereocenters. The number of amides is 1. The summed E-state index contributed by atoms with van der Waals surface area (Å²) in [4.78, 5) is 14.2. The van der Waals surface area contributed by atoms with Crippen molar-refractivity contribution in [2.24, 2.45) is 0 Å². The molecule has 2 heterocycles. The Morgan fingerprint density at radius 2 is 1.85 bits per heavy atom. The van der Waals surface area contributed by atoms with Crippen LogP contribution in [0.4, 0.5) is 8.78 Å². The minimum atomic E-state index is -3.57. The third kappa shape index (κ3) is 5.61. The Labute approximate surface area is 194 Å². The van der Waals surface area contributed by atoms with E-state index in [1.165, 1.54) is 4.90 Å². The number of carbonyl (C=O) groups excluding carboxylic acids is 1. The number of piperidine rings is 1. The lowest BCUT2D eigenvalue weighted by Crippen LogP contribution is -2.60. The summed E-state index contributed by atoms with van der Waals surface area (Å²) in [5.41, 5.74) is 4.09. The molecule has 0 radical (unpaired) electrons. The van der Waals surface area contributed by atoms with Crippen LogP contribution in [0, 0.1) is 0 Å². The zero-order valence-electron chi connectivity index (χ0n) is 18.8. The topological polar surface area (TPSA) is 66.5 Å². The smallest absolute Gasteiger partial charge is 0.324 e. The number of carbonyl (C=O) groups is 1. The molecule has 33 heavy (non-hydrogen) atoms. The molecule has 2 bridgehead atoms. The monoisotopic (exact) mass is 476 g/mol. The summed E-state index contributed by atoms with van der Waals surface area (Å²) in [7, 11) is -3.57. The molecule has 4 rings (SSSR count). The normalized spacial score (nSPS) is 23.8. The average molecular weight is 477 g/mol. The maximum Gasteiger partial charge on any atom is 0.324 e. The van der Waals surface area contributed by atoms with Gasteiger partial charge in [0, 0.05) is 19.0 Å². The summed E-state index contributed by atoms with van der Waals surface area (Å²) in [6.07, 6.45) is 3.27. The fourth-order valence-electron chi connectivity index (χ4n) is 5.08. The Morgan fingerprint density at radius 3 is 2.64 bits per heavy atom. The molecule has 2 aromatic carbocycles. The number of sulfonamides is 1. The lowest BCUT2D eigenvalue weighted by Gasteiger charge is -2.42. The van der Waals surface area contributed by atoms with Gasteiger partial charge in [-0.05, 0) is 60.8 Å². The zero-order chi connectivity index (χ0) is 23.6. The number of nitrogens with one attached hydrogen (secondary N) is 1. The fraction of sp³-hybridized carbons (Fsp3) is 0.480. The van der Waals surface area contributed by atoms with Gasteiger partial charge >= 0.3 is 5.92 Å². The van der Waals surface area contributed by atoms with Crippen molar-refractivity contribution >= 4 is 15.9 Å². The van der Waals surface area contributed by atoms with Gasteiger partial charge in [0.2, 0.25) is 10.0 Å². The molecular formula is C25H30F2N2O3S. The Bertz CT molecular complexity index is 1120. The summed E-state index contributed by atoms with van der Waals surface area (Å²) in [5.74, 6) is -4.67. The van der Waals surface area contributed by atoms with E-state index < -0.39 is 40.4 Å². The Morgan fingerprint density at radius 1 is 1.06 bits per heavy atom. The first kappa shape index (κ1) is 23.8. The molecule has 1 N–H and O–H groups in total. The predicted octanol–water partition coefficient (Wildman–Crippen LogP) is 4.17. The molecule has 178 valence electrons. The maximum atomic E-state index is 15.0. The van der Waals surface area contributed by atoms with Crippen molar-refractivity contribution in [1.29, 1.82) is 0 Å². The Balaban J connectivity index is 1.78. The summed E-state index contributed by atoms with van der Waals surface area (Å²) in [6, 6.07) is 14.6. The molecule has 0 aromatic heterocycles. The van der Waals surface area contributed by atoms with Crippen molar-refractivity contribution in [3.63, 3.8) is 0 Å². The van der Waals surface area contributed by atoms with Crippen LogP contribution in [0.1, 0.15) is 43.2 Å². The van der Waals surface area contributed by atoms with E-state index in [1.54, 1.807) is 0 Å². The van der Waals surface area contributed by atoms with Gasteiger partial charge in [0.25, 0.3) is 5.91 Å². The number of hydrogen-bond donors (Lipinski definition) is 1. The second-order valence-electron chi connectivity index (χ2n) is 9.18. The van der Waals surface area contributed by atoms with Crippen molar-refractivity contribution in [3.05, 3.63) is 59.7 Å². The van der Waals surface area contributed by atoms with Gasteiger partial charge in [0.1, 0.15) is 0 Å². The number of rotatable bonds is 2. The molecule has 2 aromatic rings. The largest absolute Gasteiger partial charge is 0.333 e. The van der Waals surface area contributed by atoms with Gasteiger partial charge in [0.05, 0.1) is 12.3 Å². The number of fused-ring (bicyclic) bond motifs is 5. The van der Waals surface area contributed by atoms with Crippen molar-refractivity contribution in [2.45, 2.75) is 63.0 Å². The second kappa shape index (κ2) is 9.50. The van der Waals surface area contributed by atoms with E-state index in [9.17, 15) is 22.0 Å². The minimum absolute atomic E-state index is 0.198. The fourth-order valence-corrected chi connectivity index (χ4v) is 5.91. The van der Waals surface area contributed by atoms with Crippen LogP contribution in [0.5, 0.6) is 0 Å². The highest BCUT2D eigenvalue weighted by Gasteiger charge is 2.46. The van der Waals surface area contributed by atoms with Crippen molar-refractivity contribution < 1.29 is 22.0 Å². The van der Waals surface area contributed by atoms with Crippen molar-refractivity contribution in [3.8, 4) is 11.1 Å². The summed E-state index contributed by atoms with van der Waals surface area (Å²) >= 11 is 0. The highest BCUT2D eigenvalue weighted by molar-refractivity contribution is 7.88. The van der Waals surface area contributed by atoms with Crippen LogP contribution in [0.2, 0.25) is 0 Å². The van der Waals surface area contributed by atoms with E-state index in [1.807, 2.05) is 48.5 Å². The third-order valence-corrected chi connectivity index (χ3v) is 7.34. The van der Waals surface area contributed by atoms with E-state index in [0.717, 1.165) is 28.5 Å². The molecule has 2 aliphatic rings. The molecule has 0 spiro atoms.